The summed E-state index contributed by atoms with van der Waals surface area (Å²) in [7, 11) is 0. The van der Waals surface area contributed by atoms with Gasteiger partial charge in [-0.25, -0.2) is 10.3 Å². The molecule has 0 spiro atoms. The van der Waals surface area contributed by atoms with Crippen LogP contribution in [0.5, 0.6) is 0 Å². The molecule has 0 aliphatic carbocycles. The van der Waals surface area contributed by atoms with E-state index in [1.54, 1.807) is 6.92 Å². The van der Waals surface area contributed by atoms with Gasteiger partial charge in [-0.15, -0.1) is 0 Å². The first kappa shape index (κ1) is 27.1. The maximum absolute atomic E-state index is 13.1. The first-order chi connectivity index (χ1) is 15.1. The number of aliphatic carboxylic acids is 1. The van der Waals surface area contributed by atoms with Crippen molar-refractivity contribution in [3.8, 4) is 0 Å². The summed E-state index contributed by atoms with van der Waals surface area (Å²) in [4.78, 5) is 49.3. The lowest BCUT2D eigenvalue weighted by Gasteiger charge is -2.27. The molecule has 2 unspecified atom stereocenters. The van der Waals surface area contributed by atoms with Crippen LogP contribution in [0.3, 0.4) is 0 Å². The third-order valence-electron chi connectivity index (χ3n) is 5.37. The molecule has 0 bridgehead atoms. The molecule has 3 amide bonds. The third-order valence-corrected chi connectivity index (χ3v) is 5.37. The Labute approximate surface area is 188 Å². The van der Waals surface area contributed by atoms with Crippen LogP contribution in [0.1, 0.15) is 52.5 Å². The Kier molecular flexibility index (Phi) is 11.4. The Morgan fingerprint density at radius 3 is 2.09 bits per heavy atom. The van der Waals surface area contributed by atoms with E-state index >= 15 is 0 Å². The number of carbonyl (C=O) groups excluding carboxylic acids is 3. The zero-order valence-electron chi connectivity index (χ0n) is 19.1. The molecule has 1 aromatic carbocycles. The molecular weight excluding hydrogens is 414 g/mol. The minimum absolute atomic E-state index is 0.0558. The number of amides is 3. The topological polar surface area (TPSA) is 145 Å². The standard InChI is InChI=1S/C23H35N3O6/c1-5-15(4)20(22(29)24-18(23(30)31)11-14(2)3)25-21(28)17(13-19(27)26-32)12-16-9-7-6-8-10-16/h6-10,14-15,17-18,20,32H,5,11-13H2,1-4H3,(H,24,29)(H,25,28)(H,26,27)(H,30,31)/t15?,17?,18-,20-/m0/s1. The summed E-state index contributed by atoms with van der Waals surface area (Å²) in [6.45, 7) is 7.36. The van der Waals surface area contributed by atoms with Crippen LogP contribution in [0, 0.1) is 17.8 Å². The first-order valence-electron chi connectivity index (χ1n) is 10.9. The lowest BCUT2D eigenvalue weighted by molar-refractivity contribution is -0.143. The van der Waals surface area contributed by atoms with Crippen LogP contribution in [0.15, 0.2) is 30.3 Å². The van der Waals surface area contributed by atoms with Crippen molar-refractivity contribution in [1.82, 2.24) is 16.1 Å². The summed E-state index contributed by atoms with van der Waals surface area (Å²) in [5.74, 6) is -3.98. The summed E-state index contributed by atoms with van der Waals surface area (Å²) < 4.78 is 0. The summed E-state index contributed by atoms with van der Waals surface area (Å²) in [5, 5.41) is 23.6. The maximum Gasteiger partial charge on any atom is 0.326 e. The number of carboxylic acids is 1. The van der Waals surface area contributed by atoms with E-state index in [9.17, 15) is 24.3 Å². The molecule has 0 aliphatic heterocycles. The van der Waals surface area contributed by atoms with Crippen LogP contribution in [-0.4, -0.2) is 46.1 Å². The van der Waals surface area contributed by atoms with Crippen LogP contribution in [0.4, 0.5) is 0 Å². The highest BCUT2D eigenvalue weighted by atomic mass is 16.5. The molecule has 5 N–H and O–H groups in total. The molecule has 1 rings (SSSR count). The minimum atomic E-state index is -1.14. The minimum Gasteiger partial charge on any atom is -0.480 e. The van der Waals surface area contributed by atoms with Gasteiger partial charge in [-0.3, -0.25) is 19.6 Å². The molecule has 178 valence electrons. The zero-order chi connectivity index (χ0) is 24.3. The third kappa shape index (κ3) is 9.05. The Morgan fingerprint density at radius 2 is 1.59 bits per heavy atom. The fourth-order valence-corrected chi connectivity index (χ4v) is 3.35. The van der Waals surface area contributed by atoms with Crippen LogP contribution < -0.4 is 16.1 Å². The predicted molar refractivity (Wildman–Crippen MR) is 119 cm³/mol. The second-order valence-corrected chi connectivity index (χ2v) is 8.53. The Balaban J connectivity index is 3.04. The van der Waals surface area contributed by atoms with Crippen molar-refractivity contribution >= 4 is 23.7 Å². The van der Waals surface area contributed by atoms with Crippen molar-refractivity contribution < 1.29 is 29.5 Å². The molecule has 32 heavy (non-hydrogen) atoms. The van der Waals surface area contributed by atoms with Crippen molar-refractivity contribution in [2.75, 3.05) is 0 Å². The van der Waals surface area contributed by atoms with Gasteiger partial charge in [-0.05, 0) is 30.2 Å². The molecular formula is C23H35N3O6. The van der Waals surface area contributed by atoms with Gasteiger partial charge in [0.1, 0.15) is 12.1 Å². The molecule has 9 nitrogen and oxygen atoms in total. The van der Waals surface area contributed by atoms with Crippen LogP contribution in [0.25, 0.3) is 0 Å². The molecule has 0 aromatic heterocycles. The lowest BCUT2D eigenvalue weighted by atomic mass is 9.92. The summed E-state index contributed by atoms with van der Waals surface area (Å²) in [6.07, 6.45) is 0.799. The van der Waals surface area contributed by atoms with Crippen LogP contribution in [-0.2, 0) is 25.6 Å². The quantitative estimate of drug-likeness (QED) is 0.230. The van der Waals surface area contributed by atoms with E-state index in [4.69, 9.17) is 5.21 Å². The van der Waals surface area contributed by atoms with Crippen LogP contribution >= 0.6 is 0 Å². The average Bonchev–Trinajstić information content (AvgIpc) is 2.75. The molecule has 4 atom stereocenters. The van der Waals surface area contributed by atoms with E-state index < -0.39 is 41.7 Å². The normalized spacial score (nSPS) is 14.7. The van der Waals surface area contributed by atoms with Gasteiger partial charge in [0.25, 0.3) is 0 Å². The number of nitrogens with one attached hydrogen (secondary N) is 3. The highest BCUT2D eigenvalue weighted by Gasteiger charge is 2.32. The van der Waals surface area contributed by atoms with E-state index in [-0.39, 0.29) is 31.1 Å². The maximum atomic E-state index is 13.1. The van der Waals surface area contributed by atoms with Gasteiger partial charge in [0.05, 0.1) is 5.92 Å². The number of rotatable bonds is 13. The average molecular weight is 450 g/mol. The van der Waals surface area contributed by atoms with Gasteiger partial charge in [-0.2, -0.15) is 0 Å². The second-order valence-electron chi connectivity index (χ2n) is 8.53. The van der Waals surface area contributed by atoms with E-state index in [2.05, 4.69) is 10.6 Å². The highest BCUT2D eigenvalue weighted by Crippen LogP contribution is 2.16. The number of carboxylic acid groups (broad SMARTS) is 1. The van der Waals surface area contributed by atoms with Crippen molar-refractivity contribution in [3.63, 3.8) is 0 Å². The first-order valence-corrected chi connectivity index (χ1v) is 10.9. The van der Waals surface area contributed by atoms with Gasteiger partial charge < -0.3 is 15.7 Å². The Morgan fingerprint density at radius 1 is 0.969 bits per heavy atom. The van der Waals surface area contributed by atoms with E-state index in [0.29, 0.717) is 6.42 Å². The Bertz CT molecular complexity index is 768. The monoisotopic (exact) mass is 449 g/mol. The van der Waals surface area contributed by atoms with E-state index in [1.807, 2.05) is 51.1 Å². The zero-order valence-corrected chi connectivity index (χ0v) is 19.1. The highest BCUT2D eigenvalue weighted by molar-refractivity contribution is 5.92. The number of hydrogen-bond donors (Lipinski definition) is 5. The largest absolute Gasteiger partial charge is 0.480 e. The van der Waals surface area contributed by atoms with Crippen molar-refractivity contribution in [2.24, 2.45) is 17.8 Å². The fourth-order valence-electron chi connectivity index (χ4n) is 3.35. The molecule has 9 heteroatoms. The predicted octanol–water partition coefficient (Wildman–Crippen LogP) is 1.89. The molecule has 0 saturated heterocycles. The fraction of sp³-hybridized carbons (Fsp3) is 0.565. The van der Waals surface area contributed by atoms with Gasteiger partial charge in [0.2, 0.25) is 17.7 Å². The summed E-state index contributed by atoms with van der Waals surface area (Å²) >= 11 is 0. The van der Waals surface area contributed by atoms with Gasteiger partial charge >= 0.3 is 5.97 Å². The summed E-state index contributed by atoms with van der Waals surface area (Å²) in [6, 6.07) is 7.07. The summed E-state index contributed by atoms with van der Waals surface area (Å²) in [5.41, 5.74) is 2.36. The number of hydrogen-bond acceptors (Lipinski definition) is 5. The molecule has 0 saturated carbocycles. The van der Waals surface area contributed by atoms with Crippen molar-refractivity contribution in [1.29, 1.82) is 0 Å². The molecule has 0 radical (unpaired) electrons. The molecule has 0 heterocycles. The smallest absolute Gasteiger partial charge is 0.326 e. The second kappa shape index (κ2) is 13.5. The Hall–Kier alpha value is -2.94. The SMILES string of the molecule is CCC(C)[C@H](NC(=O)C(CC(=O)NO)Cc1ccccc1)C(=O)N[C@@H](CC(C)C)C(=O)O. The van der Waals surface area contributed by atoms with Crippen molar-refractivity contribution in [2.45, 2.75) is 65.5 Å². The van der Waals surface area contributed by atoms with E-state index in [0.717, 1.165) is 5.56 Å². The number of hydroxylamine groups is 1. The van der Waals surface area contributed by atoms with Gasteiger partial charge in [-0.1, -0.05) is 64.4 Å². The van der Waals surface area contributed by atoms with E-state index in [1.165, 1.54) is 5.48 Å². The lowest BCUT2D eigenvalue weighted by Crippen LogP contribution is -2.55. The van der Waals surface area contributed by atoms with Gasteiger partial charge in [0.15, 0.2) is 0 Å². The number of carbonyl (C=O) groups is 4. The van der Waals surface area contributed by atoms with Crippen molar-refractivity contribution in [3.05, 3.63) is 35.9 Å². The molecule has 1 aromatic rings. The van der Waals surface area contributed by atoms with Gasteiger partial charge in [0, 0.05) is 6.42 Å². The molecule has 0 fully saturated rings. The molecule has 0 aliphatic rings. The van der Waals surface area contributed by atoms with Crippen LogP contribution in [0.2, 0.25) is 0 Å². The number of benzene rings is 1.